The molecule has 0 bridgehead atoms. The Morgan fingerprint density at radius 2 is 1.77 bits per heavy atom. The first-order valence-corrected chi connectivity index (χ1v) is 16.0. The van der Waals surface area contributed by atoms with E-state index in [1.807, 2.05) is 0 Å². The smallest absolute Gasteiger partial charge is 0.746 e. The number of ether oxygens (including phenoxy) is 2. The molecule has 0 aromatic heterocycles. The number of nitrogens with zero attached hydrogens (tertiary/aromatic N) is 1. The Morgan fingerprint density at radius 1 is 1.14 bits per heavy atom. The number of hydrogen-bond donors (Lipinski definition) is 4. The van der Waals surface area contributed by atoms with Crippen LogP contribution in [0.5, 0.6) is 0 Å². The van der Waals surface area contributed by atoms with Crippen molar-refractivity contribution in [3.05, 3.63) is 0 Å². The van der Waals surface area contributed by atoms with Gasteiger partial charge in [0.25, 0.3) is 0 Å². The third-order valence-electron chi connectivity index (χ3n) is 7.81. The number of aliphatic hydroxyl groups excluding tert-OH is 1. The van der Waals surface area contributed by atoms with Gasteiger partial charge in [0, 0.05) is 31.0 Å². The van der Waals surface area contributed by atoms with Crippen LogP contribution in [0.15, 0.2) is 0 Å². The van der Waals surface area contributed by atoms with Gasteiger partial charge < -0.3 is 40.0 Å². The average molecular weight is 655 g/mol. The molecule has 1 aliphatic carbocycles. The number of amides is 4. The van der Waals surface area contributed by atoms with Crippen molar-refractivity contribution < 1.29 is 81.1 Å². The quantitative estimate of drug-likeness (QED) is 0.133. The Kier molecular flexibility index (Phi) is 13.1. The molecule has 0 aromatic carbocycles. The summed E-state index contributed by atoms with van der Waals surface area (Å²) in [5.74, 6) is -3.62. The Labute approximate surface area is 279 Å². The van der Waals surface area contributed by atoms with Crippen LogP contribution in [0.1, 0.15) is 73.1 Å². The Morgan fingerprint density at radius 3 is 2.30 bits per heavy atom. The van der Waals surface area contributed by atoms with Crippen LogP contribution >= 0.6 is 0 Å². The van der Waals surface area contributed by atoms with Crippen LogP contribution in [-0.4, -0.2) is 102 Å². The fraction of sp³-hybridized carbons (Fsp3) is 0.815. The maximum absolute atomic E-state index is 13.3. The summed E-state index contributed by atoms with van der Waals surface area (Å²) in [4.78, 5) is 64.8. The second-order valence-electron chi connectivity index (χ2n) is 13.3. The third kappa shape index (κ3) is 10.5. The third-order valence-corrected chi connectivity index (χ3v) is 8.59. The predicted molar refractivity (Wildman–Crippen MR) is 149 cm³/mol. The van der Waals surface area contributed by atoms with E-state index in [-0.39, 0.29) is 53.7 Å². The van der Waals surface area contributed by atoms with Gasteiger partial charge in [0.15, 0.2) is 5.78 Å². The van der Waals surface area contributed by atoms with Crippen LogP contribution in [0.3, 0.4) is 0 Å². The molecule has 1 spiro atoms. The predicted octanol–water partition coefficient (Wildman–Crippen LogP) is -2.64. The number of carbonyl (C=O) groups is 5. The zero-order valence-electron chi connectivity index (χ0n) is 26.2. The van der Waals surface area contributed by atoms with E-state index in [4.69, 9.17) is 9.47 Å². The Hall–Kier alpha value is -1.98. The standard InChI is InChI=1S/C27H44N4O11S.Na/c1-15(2)10-19(22(34)29-18(11-16-7-9-28-21(16)33)20(32)23(35)43(38,39)40)30-24(36)41-17-6-8-27(12-17)13-31(14-27)25(37)42-26(3,4)5;/h15-19,23,35H,6-14H2,1-5H3,(H,28,33)(H,29,34)(H,30,36)(H,38,39,40);/q;+1/p-1/t16-,17?,18+,19+,23?;/m1./s1. The number of likely N-dealkylation sites (tertiary alicyclic amines) is 1. The van der Waals surface area contributed by atoms with E-state index in [1.165, 1.54) is 0 Å². The Balaban J connectivity index is 0.00000675. The van der Waals surface area contributed by atoms with Crippen molar-refractivity contribution in [2.75, 3.05) is 19.6 Å². The molecule has 1 saturated carbocycles. The van der Waals surface area contributed by atoms with E-state index in [1.54, 1.807) is 39.5 Å². The van der Waals surface area contributed by atoms with Gasteiger partial charge in [-0.05, 0) is 65.2 Å². The van der Waals surface area contributed by atoms with Crippen LogP contribution in [0, 0.1) is 17.3 Å². The van der Waals surface area contributed by atoms with Crippen molar-refractivity contribution in [2.45, 2.75) is 102 Å². The number of hydrogen-bond acceptors (Lipinski definition) is 11. The average Bonchev–Trinajstić information content (AvgIpc) is 3.45. The number of carbonyl (C=O) groups excluding carboxylic acids is 5. The van der Waals surface area contributed by atoms with E-state index in [0.29, 0.717) is 38.9 Å². The summed E-state index contributed by atoms with van der Waals surface area (Å²) < 4.78 is 44.9. The minimum atomic E-state index is -5.44. The largest absolute Gasteiger partial charge is 1.00 e. The second kappa shape index (κ2) is 15.1. The van der Waals surface area contributed by atoms with Crippen molar-refractivity contribution in [1.82, 2.24) is 20.9 Å². The molecule has 2 aliphatic heterocycles. The molecule has 44 heavy (non-hydrogen) atoms. The van der Waals surface area contributed by atoms with E-state index in [2.05, 4.69) is 16.0 Å². The van der Waals surface area contributed by atoms with Gasteiger partial charge in [0.05, 0.1) is 6.04 Å². The van der Waals surface area contributed by atoms with Gasteiger partial charge in [-0.2, -0.15) is 0 Å². The molecule has 3 fully saturated rings. The van der Waals surface area contributed by atoms with Gasteiger partial charge >= 0.3 is 41.7 Å². The maximum Gasteiger partial charge on any atom is 1.00 e. The number of alkyl carbamates (subject to hydrolysis) is 1. The van der Waals surface area contributed by atoms with Crippen LogP contribution in [0.2, 0.25) is 0 Å². The summed E-state index contributed by atoms with van der Waals surface area (Å²) in [5.41, 5.74) is -3.72. The molecular weight excluding hydrogens is 611 g/mol. The molecule has 5 atom stereocenters. The zero-order valence-corrected chi connectivity index (χ0v) is 29.0. The Bertz CT molecular complexity index is 1200. The van der Waals surface area contributed by atoms with Gasteiger partial charge in [-0.25, -0.2) is 18.0 Å². The van der Waals surface area contributed by atoms with E-state index < -0.39 is 75.0 Å². The fourth-order valence-corrected chi connectivity index (χ4v) is 6.23. The van der Waals surface area contributed by atoms with Gasteiger partial charge in [0.1, 0.15) is 27.9 Å². The van der Waals surface area contributed by atoms with Crippen molar-refractivity contribution in [3.8, 4) is 0 Å². The monoisotopic (exact) mass is 654 g/mol. The summed E-state index contributed by atoms with van der Waals surface area (Å²) in [6.45, 7) is 10.2. The molecule has 0 aromatic rings. The van der Waals surface area contributed by atoms with Gasteiger partial charge in [0.2, 0.25) is 17.3 Å². The minimum Gasteiger partial charge on any atom is -0.746 e. The van der Waals surface area contributed by atoms with Crippen LogP contribution < -0.4 is 45.5 Å². The molecule has 3 rings (SSSR count). The molecule has 15 nitrogen and oxygen atoms in total. The minimum absolute atomic E-state index is 0. The molecule has 4 amide bonds. The summed E-state index contributed by atoms with van der Waals surface area (Å²) in [6.07, 6.45) is 0.206. The molecule has 244 valence electrons. The van der Waals surface area contributed by atoms with Crippen LogP contribution in [0.25, 0.3) is 0 Å². The first kappa shape index (κ1) is 38.2. The number of aliphatic hydroxyl groups is 1. The number of rotatable bonds is 11. The van der Waals surface area contributed by atoms with Gasteiger partial charge in [-0.15, -0.1) is 0 Å². The molecule has 2 heterocycles. The van der Waals surface area contributed by atoms with Crippen LogP contribution in [0.4, 0.5) is 9.59 Å². The molecular formula is C27H43N4NaO11S. The summed E-state index contributed by atoms with van der Waals surface area (Å²) in [6, 6.07) is -2.88. The van der Waals surface area contributed by atoms with Gasteiger partial charge in [-0.3, -0.25) is 14.4 Å². The van der Waals surface area contributed by atoms with Crippen molar-refractivity contribution in [1.29, 1.82) is 0 Å². The van der Waals surface area contributed by atoms with E-state index in [0.717, 1.165) is 6.42 Å². The van der Waals surface area contributed by atoms with Crippen molar-refractivity contribution in [2.24, 2.45) is 17.3 Å². The SMILES string of the molecule is CC(C)C[C@H](NC(=O)OC1CCC2(C1)CN(C(=O)OC(C)(C)C)C2)C(=O)N[C@@H](C[C@H]1CCNC1=O)C(=O)C(O)S(=O)(=O)[O-].[Na+]. The number of ketones is 1. The second-order valence-corrected chi connectivity index (χ2v) is 14.7. The zero-order chi connectivity index (χ0) is 32.3. The molecule has 2 saturated heterocycles. The van der Waals surface area contributed by atoms with Crippen molar-refractivity contribution >= 4 is 39.9 Å². The molecule has 17 heteroatoms. The van der Waals surface area contributed by atoms with Crippen molar-refractivity contribution in [3.63, 3.8) is 0 Å². The van der Waals surface area contributed by atoms with Crippen LogP contribution in [-0.2, 0) is 34.0 Å². The van der Waals surface area contributed by atoms with E-state index in [9.17, 15) is 42.0 Å². The molecule has 3 aliphatic rings. The summed E-state index contributed by atoms with van der Waals surface area (Å²) >= 11 is 0. The van der Waals surface area contributed by atoms with E-state index >= 15 is 0 Å². The normalized spacial score (nSPS) is 23.1. The first-order chi connectivity index (χ1) is 19.8. The fourth-order valence-electron chi connectivity index (χ4n) is 5.78. The first-order valence-electron chi connectivity index (χ1n) is 14.5. The van der Waals surface area contributed by atoms with Gasteiger partial charge in [-0.1, -0.05) is 13.8 Å². The maximum atomic E-state index is 13.3. The summed E-state index contributed by atoms with van der Waals surface area (Å²) in [5, 5.41) is 17.2. The number of Topliss-reactive ketones (excluding diaryl/α,β-unsaturated/α-hetero) is 1. The summed E-state index contributed by atoms with van der Waals surface area (Å²) in [7, 11) is -5.44. The molecule has 4 N–H and O–H groups in total. The topological polar surface area (TPSA) is 221 Å². The molecule has 2 unspecified atom stereocenters. The number of nitrogens with one attached hydrogen (secondary N) is 3. The molecule has 0 radical (unpaired) electrons.